The van der Waals surface area contributed by atoms with Gasteiger partial charge in [0.25, 0.3) is 0 Å². The topological polar surface area (TPSA) is 37.4 Å². The van der Waals surface area contributed by atoms with Crippen molar-refractivity contribution in [3.05, 3.63) is 46.0 Å². The SMILES string of the molecule is CN(C)C(=O)/C=C/C(=O)c1ccc(Cl)c(Cl)c1. The van der Waals surface area contributed by atoms with Gasteiger partial charge in [-0.2, -0.15) is 0 Å². The summed E-state index contributed by atoms with van der Waals surface area (Å²) in [6.45, 7) is 0. The van der Waals surface area contributed by atoms with Crippen molar-refractivity contribution in [2.24, 2.45) is 0 Å². The molecule has 0 bridgehead atoms. The zero-order valence-electron chi connectivity index (χ0n) is 9.41. The van der Waals surface area contributed by atoms with Crippen LogP contribution in [0.1, 0.15) is 10.4 Å². The molecule has 5 heteroatoms. The van der Waals surface area contributed by atoms with Crippen LogP contribution >= 0.6 is 23.2 Å². The lowest BCUT2D eigenvalue weighted by atomic mass is 10.1. The van der Waals surface area contributed by atoms with Crippen molar-refractivity contribution in [1.82, 2.24) is 4.90 Å². The van der Waals surface area contributed by atoms with Crippen molar-refractivity contribution in [3.63, 3.8) is 0 Å². The first-order valence-electron chi connectivity index (χ1n) is 4.80. The minimum absolute atomic E-state index is 0.251. The minimum atomic E-state index is -0.293. The Morgan fingerprint density at radius 1 is 1.12 bits per heavy atom. The van der Waals surface area contributed by atoms with E-state index >= 15 is 0 Å². The van der Waals surface area contributed by atoms with Crippen LogP contribution in [0, 0.1) is 0 Å². The van der Waals surface area contributed by atoms with Gasteiger partial charge in [-0.05, 0) is 24.3 Å². The number of benzene rings is 1. The summed E-state index contributed by atoms with van der Waals surface area (Å²) in [5.74, 6) is -0.544. The van der Waals surface area contributed by atoms with E-state index in [9.17, 15) is 9.59 Å². The van der Waals surface area contributed by atoms with Gasteiger partial charge in [0.15, 0.2) is 5.78 Å². The summed E-state index contributed by atoms with van der Waals surface area (Å²) in [6.07, 6.45) is 2.42. The van der Waals surface area contributed by atoms with Gasteiger partial charge in [-0.3, -0.25) is 9.59 Å². The first-order valence-corrected chi connectivity index (χ1v) is 5.56. The van der Waals surface area contributed by atoms with Crippen LogP contribution in [-0.4, -0.2) is 30.7 Å². The Kier molecular flexibility index (Phi) is 4.73. The van der Waals surface area contributed by atoms with Gasteiger partial charge in [0.2, 0.25) is 5.91 Å². The van der Waals surface area contributed by atoms with Gasteiger partial charge in [0, 0.05) is 25.7 Å². The number of rotatable bonds is 3. The molecule has 17 heavy (non-hydrogen) atoms. The Morgan fingerprint density at radius 3 is 2.29 bits per heavy atom. The summed E-state index contributed by atoms with van der Waals surface area (Å²) in [4.78, 5) is 24.3. The van der Waals surface area contributed by atoms with E-state index in [1.807, 2.05) is 0 Å². The van der Waals surface area contributed by atoms with Crippen molar-refractivity contribution in [3.8, 4) is 0 Å². The summed E-state index contributed by atoms with van der Waals surface area (Å²) >= 11 is 11.5. The quantitative estimate of drug-likeness (QED) is 0.626. The van der Waals surface area contributed by atoms with Crippen LogP contribution in [0.5, 0.6) is 0 Å². The molecule has 0 saturated carbocycles. The molecular weight excluding hydrogens is 261 g/mol. The highest BCUT2D eigenvalue weighted by Crippen LogP contribution is 2.22. The van der Waals surface area contributed by atoms with Crippen molar-refractivity contribution in [2.75, 3.05) is 14.1 Å². The van der Waals surface area contributed by atoms with Gasteiger partial charge in [-0.1, -0.05) is 23.2 Å². The Balaban J connectivity index is 2.84. The molecule has 0 spiro atoms. The first kappa shape index (κ1) is 13.7. The van der Waals surface area contributed by atoms with Gasteiger partial charge < -0.3 is 4.90 Å². The fourth-order valence-corrected chi connectivity index (χ4v) is 1.34. The van der Waals surface area contributed by atoms with Crippen molar-refractivity contribution < 1.29 is 9.59 Å². The Hall–Kier alpha value is -1.32. The van der Waals surface area contributed by atoms with Crippen LogP contribution in [0.2, 0.25) is 10.0 Å². The van der Waals surface area contributed by atoms with E-state index < -0.39 is 0 Å². The van der Waals surface area contributed by atoms with Gasteiger partial charge in [0.1, 0.15) is 0 Å². The molecule has 0 fully saturated rings. The fraction of sp³-hybridized carbons (Fsp3) is 0.167. The molecule has 0 atom stereocenters. The average Bonchev–Trinajstić information content (AvgIpc) is 2.28. The molecule has 1 rings (SSSR count). The molecule has 1 aromatic carbocycles. The zero-order valence-corrected chi connectivity index (χ0v) is 10.9. The lowest BCUT2D eigenvalue weighted by molar-refractivity contribution is -0.123. The number of carbonyl (C=O) groups is 2. The Labute approximate surface area is 110 Å². The van der Waals surface area contributed by atoms with E-state index in [1.165, 1.54) is 23.1 Å². The number of allylic oxidation sites excluding steroid dienone is 1. The largest absolute Gasteiger partial charge is 0.345 e. The van der Waals surface area contributed by atoms with Crippen molar-refractivity contribution in [1.29, 1.82) is 0 Å². The summed E-state index contributed by atoms with van der Waals surface area (Å²) in [7, 11) is 3.21. The molecule has 0 N–H and O–H groups in total. The standard InChI is InChI=1S/C12H11Cl2NO2/c1-15(2)12(17)6-5-11(16)8-3-4-9(13)10(14)7-8/h3-7H,1-2H3/b6-5+. The fourth-order valence-electron chi connectivity index (χ4n) is 1.04. The highest BCUT2D eigenvalue weighted by atomic mass is 35.5. The normalized spacial score (nSPS) is 10.6. The van der Waals surface area contributed by atoms with Crippen LogP contribution in [0.25, 0.3) is 0 Å². The molecule has 0 radical (unpaired) electrons. The van der Waals surface area contributed by atoms with Gasteiger partial charge in [-0.25, -0.2) is 0 Å². The molecule has 1 aromatic rings. The lowest BCUT2D eigenvalue weighted by Crippen LogP contribution is -2.19. The molecule has 3 nitrogen and oxygen atoms in total. The highest BCUT2D eigenvalue weighted by Gasteiger charge is 2.06. The van der Waals surface area contributed by atoms with Crippen LogP contribution in [0.15, 0.2) is 30.4 Å². The highest BCUT2D eigenvalue weighted by molar-refractivity contribution is 6.42. The summed E-state index contributed by atoms with van der Waals surface area (Å²) < 4.78 is 0. The second kappa shape index (κ2) is 5.84. The third-order valence-electron chi connectivity index (χ3n) is 2.02. The number of likely N-dealkylation sites (N-methyl/N-ethyl adjacent to an activating group) is 1. The molecule has 1 amide bonds. The van der Waals surface area contributed by atoms with E-state index in [2.05, 4.69) is 0 Å². The Morgan fingerprint density at radius 2 is 1.76 bits per heavy atom. The van der Waals surface area contributed by atoms with Crippen LogP contribution in [-0.2, 0) is 4.79 Å². The molecule has 0 aliphatic carbocycles. The van der Waals surface area contributed by atoms with E-state index in [0.717, 1.165) is 0 Å². The molecule has 0 aliphatic rings. The second-order valence-electron chi connectivity index (χ2n) is 3.56. The van der Waals surface area contributed by atoms with Gasteiger partial charge in [-0.15, -0.1) is 0 Å². The number of amides is 1. The summed E-state index contributed by atoms with van der Waals surface area (Å²) in [6, 6.07) is 4.57. The summed E-state index contributed by atoms with van der Waals surface area (Å²) in [5.41, 5.74) is 0.391. The maximum Gasteiger partial charge on any atom is 0.246 e. The van der Waals surface area contributed by atoms with Crippen LogP contribution in [0.4, 0.5) is 0 Å². The number of halogens is 2. The van der Waals surface area contributed by atoms with E-state index in [1.54, 1.807) is 26.2 Å². The number of ketones is 1. The van der Waals surface area contributed by atoms with E-state index in [-0.39, 0.29) is 11.7 Å². The predicted molar refractivity (Wildman–Crippen MR) is 68.6 cm³/mol. The molecule has 0 aromatic heterocycles. The van der Waals surface area contributed by atoms with E-state index in [4.69, 9.17) is 23.2 Å². The monoisotopic (exact) mass is 271 g/mol. The summed E-state index contributed by atoms with van der Waals surface area (Å²) in [5, 5.41) is 0.696. The maximum atomic E-state index is 11.7. The van der Waals surface area contributed by atoms with Crippen LogP contribution < -0.4 is 0 Å². The molecule has 0 heterocycles. The number of hydrogen-bond donors (Lipinski definition) is 0. The maximum absolute atomic E-state index is 11.7. The Bertz CT molecular complexity index is 481. The average molecular weight is 272 g/mol. The van der Waals surface area contributed by atoms with Crippen LogP contribution in [0.3, 0.4) is 0 Å². The predicted octanol–water partition coefficient (Wildman–Crippen LogP) is 2.82. The molecular formula is C12H11Cl2NO2. The molecule has 0 unspecified atom stereocenters. The van der Waals surface area contributed by atoms with Crippen molar-refractivity contribution >= 4 is 34.9 Å². The smallest absolute Gasteiger partial charge is 0.246 e. The molecule has 0 saturated heterocycles. The van der Waals surface area contributed by atoms with Crippen molar-refractivity contribution in [2.45, 2.75) is 0 Å². The second-order valence-corrected chi connectivity index (χ2v) is 4.37. The number of nitrogens with zero attached hydrogens (tertiary/aromatic N) is 1. The third-order valence-corrected chi connectivity index (χ3v) is 2.76. The molecule has 0 aliphatic heterocycles. The first-order chi connectivity index (χ1) is 7.91. The molecule has 90 valence electrons. The lowest BCUT2D eigenvalue weighted by Gasteiger charge is -2.05. The number of hydrogen-bond acceptors (Lipinski definition) is 2. The van der Waals surface area contributed by atoms with Gasteiger partial charge in [0.05, 0.1) is 10.0 Å². The third kappa shape index (κ3) is 3.88. The van der Waals surface area contributed by atoms with E-state index in [0.29, 0.717) is 15.6 Å². The number of carbonyl (C=O) groups excluding carboxylic acids is 2. The zero-order chi connectivity index (χ0) is 13.0. The minimum Gasteiger partial charge on any atom is -0.345 e. The van der Waals surface area contributed by atoms with Gasteiger partial charge >= 0.3 is 0 Å².